The molecule has 1 aromatic heterocycles. The average molecular weight is 586 g/mol. The summed E-state index contributed by atoms with van der Waals surface area (Å²) in [6.07, 6.45) is -1.62. The first-order valence-electron chi connectivity index (χ1n) is 14.2. The predicted molar refractivity (Wildman–Crippen MR) is 171 cm³/mol. The number of nitrogens with zero attached hydrogens (tertiary/aromatic N) is 1. The highest BCUT2D eigenvalue weighted by Gasteiger charge is 2.30. The van der Waals surface area contributed by atoms with Crippen LogP contribution in [0.15, 0.2) is 115 Å². The van der Waals surface area contributed by atoms with Gasteiger partial charge < -0.3 is 19.2 Å². The van der Waals surface area contributed by atoms with Gasteiger partial charge in [-0.05, 0) is 47.0 Å². The molecule has 0 spiro atoms. The Bertz CT molecular complexity index is 1940. The number of carbonyl (C=O) groups is 2. The van der Waals surface area contributed by atoms with E-state index in [0.717, 1.165) is 48.9 Å². The molecule has 0 saturated carbocycles. The van der Waals surface area contributed by atoms with Crippen molar-refractivity contribution < 1.29 is 23.8 Å². The van der Waals surface area contributed by atoms with Crippen molar-refractivity contribution >= 4 is 39.7 Å². The number of anilines is 1. The highest BCUT2D eigenvalue weighted by Crippen LogP contribution is 2.45. The van der Waals surface area contributed by atoms with Gasteiger partial charge in [-0.1, -0.05) is 103 Å². The van der Waals surface area contributed by atoms with E-state index < -0.39 is 12.2 Å². The summed E-state index contributed by atoms with van der Waals surface area (Å²) < 4.78 is 17.1. The maximum atomic E-state index is 13.9. The van der Waals surface area contributed by atoms with Crippen molar-refractivity contribution in [2.24, 2.45) is 0 Å². The fourth-order valence-electron chi connectivity index (χ4n) is 5.22. The molecule has 0 bridgehead atoms. The van der Waals surface area contributed by atoms with Crippen LogP contribution in [0.25, 0.3) is 32.8 Å². The van der Waals surface area contributed by atoms with E-state index in [1.54, 1.807) is 7.11 Å². The number of aryl methyl sites for hydroxylation is 1. The standard InChI is InChI=1S/C36H31N3O5/c1-24-17-19-30-29(21-24)33(32-28-16-10-9-15-27(28)18-20-31(32)42-2)34(37-30)39(36(41)44-23-26-13-7-4-8-14-26)38-35(40)43-22-25-11-5-3-6-12-25/h3-21,37H,22-23H2,1-2H3,(H,38,40). The number of hydrogen-bond donors (Lipinski definition) is 2. The van der Waals surface area contributed by atoms with E-state index >= 15 is 0 Å². The van der Waals surface area contributed by atoms with Gasteiger partial charge in [-0.2, -0.15) is 5.01 Å². The Hall–Kier alpha value is -5.76. The van der Waals surface area contributed by atoms with Crippen LogP contribution in [-0.2, 0) is 22.7 Å². The van der Waals surface area contributed by atoms with Gasteiger partial charge in [-0.25, -0.2) is 15.0 Å². The van der Waals surface area contributed by atoms with Crippen LogP contribution >= 0.6 is 0 Å². The largest absolute Gasteiger partial charge is 0.496 e. The van der Waals surface area contributed by atoms with Gasteiger partial charge in [0, 0.05) is 22.0 Å². The van der Waals surface area contributed by atoms with E-state index in [4.69, 9.17) is 14.2 Å². The number of nitrogens with one attached hydrogen (secondary N) is 2. The van der Waals surface area contributed by atoms with Crippen LogP contribution in [0.1, 0.15) is 16.7 Å². The molecule has 6 aromatic rings. The number of benzene rings is 5. The van der Waals surface area contributed by atoms with Gasteiger partial charge in [0.15, 0.2) is 0 Å². The van der Waals surface area contributed by atoms with Gasteiger partial charge in [-0.15, -0.1) is 0 Å². The summed E-state index contributed by atoms with van der Waals surface area (Å²) in [5.74, 6) is 0.909. The Balaban J connectivity index is 1.47. The topological polar surface area (TPSA) is 92.9 Å². The maximum absolute atomic E-state index is 13.9. The normalized spacial score (nSPS) is 10.9. The number of amides is 2. The maximum Gasteiger partial charge on any atom is 0.435 e. The number of fused-ring (bicyclic) bond motifs is 2. The molecule has 0 unspecified atom stereocenters. The van der Waals surface area contributed by atoms with Gasteiger partial charge in [0.25, 0.3) is 0 Å². The van der Waals surface area contributed by atoms with Crippen LogP contribution < -0.4 is 15.2 Å². The molecule has 0 radical (unpaired) electrons. The SMILES string of the molecule is COc1ccc2ccccc2c1-c1c(N(NC(=O)OCc2ccccc2)C(=O)OCc2ccccc2)[nH]c2ccc(C)cc12. The van der Waals surface area contributed by atoms with Crippen molar-refractivity contribution in [2.75, 3.05) is 12.1 Å². The number of ether oxygens (including phenoxy) is 3. The van der Waals surface area contributed by atoms with Crippen LogP contribution in [0.3, 0.4) is 0 Å². The van der Waals surface area contributed by atoms with E-state index in [1.807, 2.05) is 122 Å². The average Bonchev–Trinajstić information content (AvgIpc) is 3.43. The number of carbonyl (C=O) groups excluding carboxylic acids is 2. The second-order valence-corrected chi connectivity index (χ2v) is 10.3. The third-order valence-corrected chi connectivity index (χ3v) is 7.32. The predicted octanol–water partition coefficient (Wildman–Crippen LogP) is 8.29. The molecular formula is C36H31N3O5. The summed E-state index contributed by atoms with van der Waals surface area (Å²) >= 11 is 0. The minimum Gasteiger partial charge on any atom is -0.496 e. The van der Waals surface area contributed by atoms with E-state index in [0.29, 0.717) is 17.1 Å². The quantitative estimate of drug-likeness (QED) is 0.184. The zero-order chi connectivity index (χ0) is 30.5. The van der Waals surface area contributed by atoms with Crippen molar-refractivity contribution in [3.05, 3.63) is 132 Å². The van der Waals surface area contributed by atoms with Crippen LogP contribution in [0, 0.1) is 6.92 Å². The number of rotatable bonds is 7. The van der Waals surface area contributed by atoms with Gasteiger partial charge in [-0.3, -0.25) is 0 Å². The molecule has 2 N–H and O–H groups in total. The summed E-state index contributed by atoms with van der Waals surface area (Å²) in [7, 11) is 1.61. The summed E-state index contributed by atoms with van der Waals surface area (Å²) in [4.78, 5) is 30.4. The van der Waals surface area contributed by atoms with Crippen LogP contribution in [0.4, 0.5) is 15.4 Å². The molecule has 8 heteroatoms. The fourth-order valence-corrected chi connectivity index (χ4v) is 5.22. The van der Waals surface area contributed by atoms with Crippen molar-refractivity contribution in [3.8, 4) is 16.9 Å². The molecule has 220 valence electrons. The molecule has 6 rings (SSSR count). The third-order valence-electron chi connectivity index (χ3n) is 7.32. The first-order valence-corrected chi connectivity index (χ1v) is 14.2. The number of hydrazine groups is 1. The summed E-state index contributed by atoms with van der Waals surface area (Å²) in [6, 6.07) is 36.4. The lowest BCUT2D eigenvalue weighted by Crippen LogP contribution is -2.47. The molecule has 44 heavy (non-hydrogen) atoms. The van der Waals surface area contributed by atoms with Crippen LogP contribution in [-0.4, -0.2) is 24.3 Å². The molecule has 0 aliphatic heterocycles. The zero-order valence-electron chi connectivity index (χ0n) is 24.4. The highest BCUT2D eigenvalue weighted by molar-refractivity contribution is 6.14. The number of H-pyrrole nitrogens is 1. The van der Waals surface area contributed by atoms with Crippen LogP contribution in [0.5, 0.6) is 5.75 Å². The fraction of sp³-hybridized carbons (Fsp3) is 0.111. The Morgan fingerprint density at radius 3 is 2.09 bits per heavy atom. The Labute approximate surface area is 254 Å². The molecule has 0 saturated heterocycles. The Morgan fingerprint density at radius 1 is 0.727 bits per heavy atom. The van der Waals surface area contributed by atoms with E-state index in [-0.39, 0.29) is 13.2 Å². The molecular weight excluding hydrogens is 554 g/mol. The first-order chi connectivity index (χ1) is 21.5. The molecule has 0 atom stereocenters. The zero-order valence-corrected chi connectivity index (χ0v) is 24.4. The van der Waals surface area contributed by atoms with Gasteiger partial charge in [0.1, 0.15) is 24.8 Å². The molecule has 2 amide bonds. The van der Waals surface area contributed by atoms with Crippen LogP contribution in [0.2, 0.25) is 0 Å². The second-order valence-electron chi connectivity index (χ2n) is 10.3. The van der Waals surface area contributed by atoms with Crippen molar-refractivity contribution in [1.29, 1.82) is 0 Å². The molecule has 8 nitrogen and oxygen atoms in total. The molecule has 0 aliphatic rings. The number of aromatic nitrogens is 1. The highest BCUT2D eigenvalue weighted by atomic mass is 16.6. The first kappa shape index (κ1) is 28.4. The Morgan fingerprint density at radius 2 is 1.39 bits per heavy atom. The summed E-state index contributed by atoms with van der Waals surface area (Å²) in [6.45, 7) is 2.03. The molecule has 5 aromatic carbocycles. The Kier molecular flexibility index (Phi) is 8.14. The second kappa shape index (κ2) is 12.6. The molecule has 1 heterocycles. The monoisotopic (exact) mass is 585 g/mol. The van der Waals surface area contributed by atoms with E-state index in [2.05, 4.69) is 10.4 Å². The number of methoxy groups -OCH3 is 1. The lowest BCUT2D eigenvalue weighted by molar-refractivity contribution is 0.126. The van der Waals surface area contributed by atoms with Gasteiger partial charge in [0.05, 0.1) is 7.11 Å². The lowest BCUT2D eigenvalue weighted by atomic mass is 9.95. The molecule has 0 fully saturated rings. The van der Waals surface area contributed by atoms with Gasteiger partial charge >= 0.3 is 12.2 Å². The van der Waals surface area contributed by atoms with Crippen molar-refractivity contribution in [1.82, 2.24) is 10.4 Å². The molecule has 0 aliphatic carbocycles. The number of aromatic amines is 1. The minimum atomic E-state index is -0.823. The van der Waals surface area contributed by atoms with E-state index in [1.165, 1.54) is 0 Å². The van der Waals surface area contributed by atoms with E-state index in [9.17, 15) is 9.59 Å². The summed E-state index contributed by atoms with van der Waals surface area (Å²) in [5.41, 5.74) is 7.46. The minimum absolute atomic E-state index is 0.00315. The lowest BCUT2D eigenvalue weighted by Gasteiger charge is -2.23. The van der Waals surface area contributed by atoms with Crippen molar-refractivity contribution in [2.45, 2.75) is 20.1 Å². The van der Waals surface area contributed by atoms with Gasteiger partial charge in [0.2, 0.25) is 0 Å². The van der Waals surface area contributed by atoms with Crippen molar-refractivity contribution in [3.63, 3.8) is 0 Å². The third kappa shape index (κ3) is 5.91. The smallest absolute Gasteiger partial charge is 0.435 e. The number of hydrogen-bond acceptors (Lipinski definition) is 5. The summed E-state index contributed by atoms with van der Waals surface area (Å²) in [5, 5.41) is 3.82.